The maximum atomic E-state index is 8.58. The molecule has 0 saturated carbocycles. The van der Waals surface area contributed by atoms with Crippen molar-refractivity contribution in [2.75, 3.05) is 0 Å². The predicted octanol–water partition coefficient (Wildman–Crippen LogP) is 1.50. The molecule has 0 unspecified atom stereocenters. The molecule has 8 rings (SSSR count). The van der Waals surface area contributed by atoms with Gasteiger partial charge in [0.05, 0.1) is 0 Å². The first-order valence-electron chi connectivity index (χ1n) is 19.5. The first kappa shape index (κ1) is 47.8. The predicted molar refractivity (Wildman–Crippen MR) is 258 cm³/mol. The van der Waals surface area contributed by atoms with E-state index in [-0.39, 0.29) is 0 Å². The Morgan fingerprint density at radius 3 is 0.443 bits per heavy atom. The second kappa shape index (κ2) is 26.4. The van der Waals surface area contributed by atoms with E-state index >= 15 is 0 Å². The Kier molecular flexibility index (Phi) is 20.7. The van der Waals surface area contributed by atoms with Crippen molar-refractivity contribution in [1.29, 1.82) is 0 Å². The molecule has 0 saturated heterocycles. The molecule has 0 radical (unpaired) electrons. The average molecular weight is 828 g/mol. The van der Waals surface area contributed by atoms with E-state index in [4.69, 9.17) is 40.2 Å². The van der Waals surface area contributed by atoms with E-state index in [0.29, 0.717) is 21.9 Å². The van der Waals surface area contributed by atoms with E-state index in [2.05, 4.69) is 121 Å². The molecule has 0 aliphatic rings. The third kappa shape index (κ3) is 15.3. The zero-order valence-electron chi connectivity index (χ0n) is 33.5. The molecule has 8 aromatic rings. The molecular formula is C48H49B4O8P. The van der Waals surface area contributed by atoms with Crippen molar-refractivity contribution in [3.63, 3.8) is 0 Å². The Bertz CT molecular complexity index is 1970. The van der Waals surface area contributed by atoms with Crippen molar-refractivity contribution in [3.8, 4) is 0 Å². The van der Waals surface area contributed by atoms with Crippen LogP contribution in [0.4, 0.5) is 0 Å². The molecule has 8 N–H and O–H groups in total. The van der Waals surface area contributed by atoms with Crippen LogP contribution < -0.4 is 43.1 Å². The fraction of sp³-hybridized carbons (Fsp3) is 0. The van der Waals surface area contributed by atoms with Crippen molar-refractivity contribution >= 4 is 78.8 Å². The number of rotatable bonds is 8. The summed E-state index contributed by atoms with van der Waals surface area (Å²) in [7, 11) is -7.67. The van der Waals surface area contributed by atoms with Crippen molar-refractivity contribution in [1.82, 2.24) is 0 Å². The first-order chi connectivity index (χ1) is 29.6. The molecule has 0 fully saturated rings. The molecule has 0 bridgehead atoms. The number of benzene rings is 8. The third-order valence-electron chi connectivity index (χ3n) is 9.22. The molecule has 0 atom stereocenters. The SMILES string of the molecule is OB(O)c1ccccc1.OB(O)c1ccccc1.OB(O)c1ccccc1.OB(O)c1ccccc1.c1ccc([PH](c2ccccc2)(c2ccccc2)c2ccccc2)cc1. The van der Waals surface area contributed by atoms with Gasteiger partial charge >= 0.3 is 178 Å². The molecule has 306 valence electrons. The van der Waals surface area contributed by atoms with Crippen LogP contribution in [-0.2, 0) is 0 Å². The Hall–Kier alpha value is -5.87. The van der Waals surface area contributed by atoms with E-state index in [0.717, 1.165) is 0 Å². The molecule has 0 aromatic heterocycles. The zero-order valence-corrected chi connectivity index (χ0v) is 34.5. The zero-order chi connectivity index (χ0) is 43.7. The van der Waals surface area contributed by atoms with Gasteiger partial charge in [-0.15, -0.1) is 0 Å². The van der Waals surface area contributed by atoms with Crippen LogP contribution in [0.3, 0.4) is 0 Å². The van der Waals surface area contributed by atoms with E-state index in [1.807, 2.05) is 24.3 Å². The minimum absolute atomic E-state index is 0.525. The molecule has 61 heavy (non-hydrogen) atoms. The van der Waals surface area contributed by atoms with Gasteiger partial charge in [0.15, 0.2) is 0 Å². The van der Waals surface area contributed by atoms with Crippen LogP contribution in [0.5, 0.6) is 0 Å². The fourth-order valence-electron chi connectivity index (χ4n) is 6.25. The molecule has 13 heteroatoms. The van der Waals surface area contributed by atoms with Crippen molar-refractivity contribution in [2.45, 2.75) is 0 Å². The summed E-state index contributed by atoms with van der Waals surface area (Å²) in [4.78, 5) is 0. The number of hydrogen-bond acceptors (Lipinski definition) is 8. The van der Waals surface area contributed by atoms with Crippen LogP contribution in [-0.4, -0.2) is 68.7 Å². The van der Waals surface area contributed by atoms with Crippen LogP contribution in [0.1, 0.15) is 0 Å². The summed E-state index contributed by atoms with van der Waals surface area (Å²) in [5, 5.41) is 74.3. The standard InChI is InChI=1S/C24H21P.4C6H7BO2/c1-5-13-21(14-6-1)25(22-15-7-2-8-16-22,23-17-9-3-10-18-23)24-19-11-4-12-20-24;4*8-7(9)6-4-2-1-3-5-6/h1-20,25H;4*1-5,8-9H. The number of hydrogen-bond donors (Lipinski definition) is 8. The molecule has 0 aliphatic heterocycles. The normalized spacial score (nSPS) is 10.2. The van der Waals surface area contributed by atoms with Gasteiger partial charge in [-0.3, -0.25) is 0 Å². The van der Waals surface area contributed by atoms with Gasteiger partial charge in [-0.2, -0.15) is 0 Å². The van der Waals surface area contributed by atoms with Gasteiger partial charge < -0.3 is 40.2 Å². The van der Waals surface area contributed by atoms with Crippen LogP contribution in [0.15, 0.2) is 243 Å². The van der Waals surface area contributed by atoms with Crippen molar-refractivity contribution in [3.05, 3.63) is 243 Å². The summed E-state index contributed by atoms with van der Waals surface area (Å²) < 4.78 is 0. The topological polar surface area (TPSA) is 162 Å². The molecule has 8 nitrogen and oxygen atoms in total. The second-order valence-electron chi connectivity index (χ2n) is 13.4. The van der Waals surface area contributed by atoms with Crippen LogP contribution in [0, 0.1) is 0 Å². The van der Waals surface area contributed by atoms with E-state index < -0.39 is 35.7 Å². The van der Waals surface area contributed by atoms with Gasteiger partial charge in [0.2, 0.25) is 0 Å². The summed E-state index contributed by atoms with van der Waals surface area (Å²) in [6.07, 6.45) is 0. The van der Waals surface area contributed by atoms with Crippen LogP contribution in [0.25, 0.3) is 0 Å². The van der Waals surface area contributed by atoms with E-state index in [9.17, 15) is 0 Å². The molecule has 0 aliphatic carbocycles. The Labute approximate surface area is 360 Å². The summed E-state index contributed by atoms with van der Waals surface area (Å²) in [5.41, 5.74) is 2.10. The molecule has 0 spiro atoms. The van der Waals surface area contributed by atoms with Gasteiger partial charge in [-0.25, -0.2) is 0 Å². The van der Waals surface area contributed by atoms with E-state index in [1.165, 1.54) is 21.2 Å². The summed E-state index contributed by atoms with van der Waals surface area (Å²) in [5.74, 6) is 0. The van der Waals surface area contributed by atoms with Crippen molar-refractivity contribution < 1.29 is 40.2 Å². The maximum absolute atomic E-state index is 8.58. The molecule has 0 heterocycles. The van der Waals surface area contributed by atoms with Gasteiger partial charge in [-0.1, -0.05) is 121 Å². The third-order valence-corrected chi connectivity index (χ3v) is 14.0. The van der Waals surface area contributed by atoms with Crippen LogP contribution in [0.2, 0.25) is 0 Å². The molecule has 8 aromatic carbocycles. The Morgan fingerprint density at radius 1 is 0.197 bits per heavy atom. The minimum atomic E-state index is -2.30. The van der Waals surface area contributed by atoms with Gasteiger partial charge in [0.1, 0.15) is 0 Å². The molecule has 0 amide bonds. The van der Waals surface area contributed by atoms with Gasteiger partial charge in [0, 0.05) is 0 Å². The summed E-state index contributed by atoms with van der Waals surface area (Å²) in [6.45, 7) is 0. The second-order valence-corrected chi connectivity index (χ2v) is 17.2. The van der Waals surface area contributed by atoms with Crippen molar-refractivity contribution in [2.24, 2.45) is 0 Å². The summed E-state index contributed by atoms with van der Waals surface area (Å²) >= 11 is 0. The Morgan fingerprint density at radius 2 is 0.328 bits per heavy atom. The Balaban J connectivity index is 0.000000188. The van der Waals surface area contributed by atoms with Crippen LogP contribution >= 0.6 is 7.26 Å². The fourth-order valence-corrected chi connectivity index (χ4v) is 11.0. The van der Waals surface area contributed by atoms with Gasteiger partial charge in [0.25, 0.3) is 0 Å². The molecular weight excluding hydrogens is 779 g/mol. The summed E-state index contributed by atoms with van der Waals surface area (Å²) in [6, 6.07) is 78.6. The quantitative estimate of drug-likeness (QED) is 0.0846. The van der Waals surface area contributed by atoms with Gasteiger partial charge in [-0.05, 0) is 21.9 Å². The van der Waals surface area contributed by atoms with E-state index in [1.54, 1.807) is 97.1 Å². The average Bonchev–Trinajstić information content (AvgIpc) is 3.33. The first-order valence-corrected chi connectivity index (χ1v) is 21.5. The monoisotopic (exact) mass is 828 g/mol.